The second-order valence-electron chi connectivity index (χ2n) is 5.34. The molecule has 23 heavy (non-hydrogen) atoms. The summed E-state index contributed by atoms with van der Waals surface area (Å²) in [5.74, 6) is 0.445. The molecule has 0 amide bonds. The first-order valence-corrected chi connectivity index (χ1v) is 8.35. The van der Waals surface area contributed by atoms with E-state index in [1.807, 2.05) is 17.7 Å². The van der Waals surface area contributed by atoms with E-state index in [4.69, 9.17) is 10.5 Å². The van der Waals surface area contributed by atoms with Crippen molar-refractivity contribution in [3.8, 4) is 0 Å². The van der Waals surface area contributed by atoms with Gasteiger partial charge in [0.25, 0.3) is 0 Å². The lowest BCUT2D eigenvalue weighted by atomic mass is 10.1. The fraction of sp³-hybridized carbons (Fsp3) is 0.467. The minimum atomic E-state index is -0.946. The van der Waals surface area contributed by atoms with E-state index < -0.39 is 12.2 Å². The van der Waals surface area contributed by atoms with E-state index in [0.717, 1.165) is 14.6 Å². The van der Waals surface area contributed by atoms with Crippen molar-refractivity contribution in [2.45, 2.75) is 31.6 Å². The third-order valence-corrected chi connectivity index (χ3v) is 4.50. The first kappa shape index (κ1) is 18.1. The third-order valence-electron chi connectivity index (χ3n) is 3.69. The molecule has 8 heteroatoms. The Bertz CT molecular complexity index is 676. The van der Waals surface area contributed by atoms with Crippen LogP contribution in [0.3, 0.4) is 0 Å². The Balaban J connectivity index is 2.27. The Kier molecular flexibility index (Phi) is 6.33. The van der Waals surface area contributed by atoms with Crippen LogP contribution in [0.1, 0.15) is 19.4 Å². The van der Waals surface area contributed by atoms with Gasteiger partial charge in [-0.15, -0.1) is 6.58 Å². The number of aliphatic hydroxyl groups excluding tert-OH is 2. The average Bonchev–Trinajstić information content (AvgIpc) is 2.89. The van der Waals surface area contributed by atoms with Crippen molar-refractivity contribution in [2.24, 2.45) is 0 Å². The molecule has 0 fully saturated rings. The molecule has 126 valence electrons. The van der Waals surface area contributed by atoms with Crippen molar-refractivity contribution in [3.05, 3.63) is 28.7 Å². The van der Waals surface area contributed by atoms with Gasteiger partial charge in [-0.05, 0) is 35.9 Å². The van der Waals surface area contributed by atoms with Crippen LogP contribution in [-0.4, -0.2) is 50.2 Å². The zero-order valence-electron chi connectivity index (χ0n) is 12.9. The second kappa shape index (κ2) is 8.04. The van der Waals surface area contributed by atoms with E-state index in [9.17, 15) is 10.2 Å². The number of nitrogen functional groups attached to an aromatic ring is 1. The summed E-state index contributed by atoms with van der Waals surface area (Å²) in [6, 6.07) is -0.00803. The van der Waals surface area contributed by atoms with Gasteiger partial charge in [0.15, 0.2) is 0 Å². The molecule has 0 aliphatic carbocycles. The van der Waals surface area contributed by atoms with Gasteiger partial charge >= 0.3 is 0 Å². The first-order valence-electron chi connectivity index (χ1n) is 7.27. The number of fused-ring (bicyclic) bond motifs is 1. The maximum Gasteiger partial charge on any atom is 0.146 e. The van der Waals surface area contributed by atoms with E-state index in [0.29, 0.717) is 18.8 Å². The van der Waals surface area contributed by atoms with Gasteiger partial charge in [0.2, 0.25) is 0 Å². The largest absolute Gasteiger partial charge is 0.394 e. The van der Waals surface area contributed by atoms with Crippen molar-refractivity contribution in [1.29, 1.82) is 0 Å². The zero-order chi connectivity index (χ0) is 17.0. The van der Waals surface area contributed by atoms with E-state index in [1.54, 1.807) is 6.08 Å². The highest BCUT2D eigenvalue weighted by Crippen LogP contribution is 2.29. The van der Waals surface area contributed by atoms with Crippen LogP contribution in [-0.2, 0) is 4.74 Å². The lowest BCUT2D eigenvalue weighted by Crippen LogP contribution is -2.34. The molecular formula is C15H21IN4O3. The first-order chi connectivity index (χ1) is 11.0. The number of hydrogen-bond acceptors (Lipinski definition) is 6. The average molecular weight is 432 g/mol. The highest BCUT2D eigenvalue weighted by atomic mass is 127. The molecule has 0 saturated heterocycles. The van der Waals surface area contributed by atoms with Crippen LogP contribution < -0.4 is 5.73 Å². The van der Waals surface area contributed by atoms with Crippen LogP contribution in [0.25, 0.3) is 11.0 Å². The molecule has 0 bridgehead atoms. The molecule has 2 heterocycles. The number of nitrogens with two attached hydrogens (primary N) is 1. The topological polar surface area (TPSA) is 106 Å². The molecule has 0 saturated carbocycles. The Morgan fingerprint density at radius 2 is 2.26 bits per heavy atom. The molecule has 2 aromatic rings. The SMILES string of the molecule is C=CCOC(CC(C)n1cc(I)c2c(N)ncnc21)C(O)CO. The zero-order valence-corrected chi connectivity index (χ0v) is 15.0. The van der Waals surface area contributed by atoms with Gasteiger partial charge in [-0.25, -0.2) is 9.97 Å². The van der Waals surface area contributed by atoms with E-state index in [2.05, 4.69) is 39.1 Å². The number of rotatable bonds is 8. The summed E-state index contributed by atoms with van der Waals surface area (Å²) in [4.78, 5) is 8.34. The van der Waals surface area contributed by atoms with Crippen LogP contribution in [0.5, 0.6) is 0 Å². The maximum atomic E-state index is 9.94. The molecule has 2 aromatic heterocycles. The van der Waals surface area contributed by atoms with Crippen LogP contribution in [0, 0.1) is 3.57 Å². The Morgan fingerprint density at radius 1 is 1.52 bits per heavy atom. The summed E-state index contributed by atoms with van der Waals surface area (Å²) in [5.41, 5.74) is 6.67. The van der Waals surface area contributed by atoms with Crippen LogP contribution in [0.15, 0.2) is 25.2 Å². The van der Waals surface area contributed by atoms with Crippen LogP contribution in [0.4, 0.5) is 5.82 Å². The number of aliphatic hydroxyl groups is 2. The predicted molar refractivity (Wildman–Crippen MR) is 97.0 cm³/mol. The van der Waals surface area contributed by atoms with Gasteiger partial charge in [-0.2, -0.15) is 0 Å². The molecule has 2 rings (SSSR count). The predicted octanol–water partition coefficient (Wildman–Crippen LogP) is 1.49. The Labute approximate surface area is 148 Å². The monoisotopic (exact) mass is 432 g/mol. The highest BCUT2D eigenvalue weighted by Gasteiger charge is 2.24. The second-order valence-corrected chi connectivity index (χ2v) is 6.50. The normalized spacial score (nSPS) is 15.5. The number of hydrogen-bond donors (Lipinski definition) is 3. The van der Waals surface area contributed by atoms with Gasteiger partial charge in [0.1, 0.15) is 23.9 Å². The number of nitrogens with zero attached hydrogens (tertiary/aromatic N) is 3. The molecule has 7 nitrogen and oxygen atoms in total. The molecule has 0 aliphatic rings. The van der Waals surface area contributed by atoms with Gasteiger partial charge < -0.3 is 25.3 Å². The van der Waals surface area contributed by atoms with Crippen LogP contribution >= 0.6 is 22.6 Å². The molecule has 3 atom stereocenters. The van der Waals surface area contributed by atoms with Crippen molar-refractivity contribution < 1.29 is 14.9 Å². The van der Waals surface area contributed by atoms with E-state index in [-0.39, 0.29) is 12.6 Å². The number of aromatic nitrogens is 3. The van der Waals surface area contributed by atoms with Gasteiger partial charge in [-0.3, -0.25) is 0 Å². The third kappa shape index (κ3) is 4.00. The molecule has 0 aromatic carbocycles. The maximum absolute atomic E-state index is 9.94. The Hall–Kier alpha value is -1.23. The summed E-state index contributed by atoms with van der Waals surface area (Å²) in [6.07, 6.45) is 4.07. The molecular weight excluding hydrogens is 411 g/mol. The number of halogens is 1. The fourth-order valence-corrected chi connectivity index (χ4v) is 3.31. The minimum absolute atomic E-state index is 0.00803. The quantitative estimate of drug-likeness (QED) is 0.431. The highest BCUT2D eigenvalue weighted by molar-refractivity contribution is 14.1. The molecule has 0 aliphatic heterocycles. The molecule has 3 unspecified atom stereocenters. The van der Waals surface area contributed by atoms with Crippen LogP contribution in [0.2, 0.25) is 0 Å². The smallest absolute Gasteiger partial charge is 0.146 e. The number of anilines is 1. The van der Waals surface area contributed by atoms with Crippen molar-refractivity contribution in [1.82, 2.24) is 14.5 Å². The van der Waals surface area contributed by atoms with Crippen molar-refractivity contribution >= 4 is 39.4 Å². The fourth-order valence-electron chi connectivity index (χ4n) is 2.49. The summed E-state index contributed by atoms with van der Waals surface area (Å²) >= 11 is 2.20. The summed E-state index contributed by atoms with van der Waals surface area (Å²) < 4.78 is 8.53. The summed E-state index contributed by atoms with van der Waals surface area (Å²) in [5, 5.41) is 20.0. The van der Waals surface area contributed by atoms with E-state index in [1.165, 1.54) is 6.33 Å². The lowest BCUT2D eigenvalue weighted by molar-refractivity contribution is -0.0573. The van der Waals surface area contributed by atoms with Gasteiger partial charge in [0.05, 0.1) is 24.7 Å². The lowest BCUT2D eigenvalue weighted by Gasteiger charge is -2.25. The summed E-state index contributed by atoms with van der Waals surface area (Å²) in [7, 11) is 0. The molecule has 0 spiro atoms. The van der Waals surface area contributed by atoms with Crippen molar-refractivity contribution in [3.63, 3.8) is 0 Å². The molecule has 4 N–H and O–H groups in total. The number of ether oxygens (including phenoxy) is 1. The van der Waals surface area contributed by atoms with Crippen molar-refractivity contribution in [2.75, 3.05) is 18.9 Å². The van der Waals surface area contributed by atoms with Gasteiger partial charge in [0, 0.05) is 15.8 Å². The Morgan fingerprint density at radius 3 is 2.91 bits per heavy atom. The van der Waals surface area contributed by atoms with Gasteiger partial charge in [-0.1, -0.05) is 6.08 Å². The minimum Gasteiger partial charge on any atom is -0.394 e. The molecule has 0 radical (unpaired) electrons. The standard InChI is InChI=1S/C15H21IN4O3/c1-3-4-23-12(11(22)7-21)5-9(2)20-6-10(16)13-14(17)18-8-19-15(13)20/h3,6,8-9,11-12,21-22H,1,4-5,7H2,2H3,(H2,17,18,19). The summed E-state index contributed by atoms with van der Waals surface area (Å²) in [6.45, 7) is 5.56. The van der Waals surface area contributed by atoms with E-state index >= 15 is 0 Å².